The lowest BCUT2D eigenvalue weighted by atomic mass is 10.2. The summed E-state index contributed by atoms with van der Waals surface area (Å²) in [5, 5.41) is 7.20. The predicted molar refractivity (Wildman–Crippen MR) is 109 cm³/mol. The van der Waals surface area contributed by atoms with E-state index in [-0.39, 0.29) is 36.5 Å². The molecule has 7 heteroatoms. The number of amides is 1. The summed E-state index contributed by atoms with van der Waals surface area (Å²) >= 11 is 0. The molecule has 6 nitrogen and oxygen atoms in total. The van der Waals surface area contributed by atoms with Gasteiger partial charge in [-0.1, -0.05) is 30.3 Å². The van der Waals surface area contributed by atoms with Gasteiger partial charge in [0.1, 0.15) is 5.82 Å². The standard InChI is InChI=1S/C22H21FN4O2/c23-18-9-7-17(8-10-18)21-25-26(22(29)27(21)19-11-12-19)15-14-24-20(28)13-6-16-4-2-1-3-5-16/h1-10,13,19H,11-12,14-15H2,(H,24,28)/b13-6+. The van der Waals surface area contributed by atoms with Gasteiger partial charge in [0.15, 0.2) is 5.82 Å². The van der Waals surface area contributed by atoms with Crippen molar-refractivity contribution in [2.24, 2.45) is 0 Å². The molecule has 1 heterocycles. The van der Waals surface area contributed by atoms with Crippen molar-refractivity contribution in [3.05, 3.63) is 82.5 Å². The zero-order valence-electron chi connectivity index (χ0n) is 15.8. The number of hydrogen-bond donors (Lipinski definition) is 1. The highest BCUT2D eigenvalue weighted by molar-refractivity contribution is 5.91. The number of benzene rings is 2. The van der Waals surface area contributed by atoms with Crippen LogP contribution in [0, 0.1) is 5.82 Å². The second-order valence-electron chi connectivity index (χ2n) is 6.97. The van der Waals surface area contributed by atoms with Gasteiger partial charge in [0.25, 0.3) is 0 Å². The molecule has 148 valence electrons. The van der Waals surface area contributed by atoms with E-state index >= 15 is 0 Å². The van der Waals surface area contributed by atoms with Crippen molar-refractivity contribution in [3.63, 3.8) is 0 Å². The third-order valence-electron chi connectivity index (χ3n) is 4.73. The molecule has 0 aliphatic heterocycles. The van der Waals surface area contributed by atoms with Crippen LogP contribution in [0.2, 0.25) is 0 Å². The summed E-state index contributed by atoms with van der Waals surface area (Å²) < 4.78 is 16.3. The van der Waals surface area contributed by atoms with E-state index in [0.29, 0.717) is 11.4 Å². The first kappa shape index (κ1) is 18.9. The molecule has 1 fully saturated rings. The fourth-order valence-corrected chi connectivity index (χ4v) is 3.10. The quantitative estimate of drug-likeness (QED) is 0.629. The van der Waals surface area contributed by atoms with Crippen LogP contribution in [-0.4, -0.2) is 26.8 Å². The number of nitrogens with zero attached hydrogens (tertiary/aromatic N) is 3. The van der Waals surface area contributed by atoms with Crippen molar-refractivity contribution >= 4 is 12.0 Å². The summed E-state index contributed by atoms with van der Waals surface area (Å²) in [4.78, 5) is 24.7. The number of nitrogens with one attached hydrogen (secondary N) is 1. The monoisotopic (exact) mass is 392 g/mol. The fourth-order valence-electron chi connectivity index (χ4n) is 3.10. The van der Waals surface area contributed by atoms with E-state index in [1.165, 1.54) is 22.9 Å². The molecule has 0 atom stereocenters. The van der Waals surface area contributed by atoms with Gasteiger partial charge in [0.05, 0.1) is 6.54 Å². The zero-order chi connectivity index (χ0) is 20.2. The second kappa shape index (κ2) is 8.26. The number of hydrogen-bond acceptors (Lipinski definition) is 3. The van der Waals surface area contributed by atoms with Crippen LogP contribution in [0.1, 0.15) is 24.4 Å². The SMILES string of the molecule is O=C(/C=C/c1ccccc1)NCCn1nc(-c2ccc(F)cc2)n(C2CC2)c1=O. The molecule has 3 aromatic rings. The van der Waals surface area contributed by atoms with Gasteiger partial charge < -0.3 is 5.32 Å². The molecule has 1 aliphatic rings. The molecule has 2 aromatic carbocycles. The van der Waals surface area contributed by atoms with Crippen LogP contribution in [-0.2, 0) is 11.3 Å². The summed E-state index contributed by atoms with van der Waals surface area (Å²) in [6.07, 6.45) is 5.06. The van der Waals surface area contributed by atoms with Gasteiger partial charge in [-0.05, 0) is 48.7 Å². The molecular weight excluding hydrogens is 371 g/mol. The Morgan fingerprint density at radius 3 is 2.55 bits per heavy atom. The van der Waals surface area contributed by atoms with E-state index in [0.717, 1.165) is 18.4 Å². The van der Waals surface area contributed by atoms with Gasteiger partial charge in [-0.3, -0.25) is 9.36 Å². The van der Waals surface area contributed by atoms with Gasteiger partial charge in [-0.15, -0.1) is 5.10 Å². The summed E-state index contributed by atoms with van der Waals surface area (Å²) in [5.41, 5.74) is 1.43. The first-order valence-electron chi connectivity index (χ1n) is 9.58. The Bertz CT molecular complexity index is 1080. The van der Waals surface area contributed by atoms with Gasteiger partial charge in [-0.2, -0.15) is 0 Å². The maximum Gasteiger partial charge on any atom is 0.346 e. The Labute approximate surface area is 167 Å². The molecule has 1 aliphatic carbocycles. The lowest BCUT2D eigenvalue weighted by Gasteiger charge is -2.03. The number of carbonyl (C=O) groups is 1. The van der Waals surface area contributed by atoms with Crippen molar-refractivity contribution in [2.75, 3.05) is 6.54 Å². The molecule has 1 aromatic heterocycles. The van der Waals surface area contributed by atoms with Crippen LogP contribution in [0.3, 0.4) is 0 Å². The first-order valence-corrected chi connectivity index (χ1v) is 9.58. The highest BCUT2D eigenvalue weighted by atomic mass is 19.1. The molecular formula is C22H21FN4O2. The minimum absolute atomic E-state index is 0.139. The van der Waals surface area contributed by atoms with Crippen molar-refractivity contribution < 1.29 is 9.18 Å². The van der Waals surface area contributed by atoms with Gasteiger partial charge in [-0.25, -0.2) is 13.9 Å². The van der Waals surface area contributed by atoms with Crippen LogP contribution in [0.4, 0.5) is 4.39 Å². The van der Waals surface area contributed by atoms with E-state index in [1.54, 1.807) is 22.8 Å². The Kier molecular flexibility index (Phi) is 5.37. The highest BCUT2D eigenvalue weighted by Gasteiger charge is 2.30. The van der Waals surface area contributed by atoms with Crippen LogP contribution in [0.15, 0.2) is 65.5 Å². The van der Waals surface area contributed by atoms with E-state index in [9.17, 15) is 14.0 Å². The van der Waals surface area contributed by atoms with E-state index in [4.69, 9.17) is 0 Å². The maximum absolute atomic E-state index is 13.2. The van der Waals surface area contributed by atoms with Gasteiger partial charge >= 0.3 is 5.69 Å². The normalized spacial score (nSPS) is 13.7. The molecule has 0 unspecified atom stereocenters. The largest absolute Gasteiger partial charge is 0.351 e. The predicted octanol–water partition coefficient (Wildman–Crippen LogP) is 3.02. The molecule has 1 saturated carbocycles. The van der Waals surface area contributed by atoms with E-state index in [2.05, 4.69) is 10.4 Å². The summed E-state index contributed by atoms with van der Waals surface area (Å²) in [7, 11) is 0. The van der Waals surface area contributed by atoms with Crippen molar-refractivity contribution in [1.29, 1.82) is 0 Å². The molecule has 29 heavy (non-hydrogen) atoms. The number of aromatic nitrogens is 3. The molecule has 0 bridgehead atoms. The Hall–Kier alpha value is -3.48. The third kappa shape index (κ3) is 4.51. The van der Waals surface area contributed by atoms with Crippen LogP contribution >= 0.6 is 0 Å². The van der Waals surface area contributed by atoms with Gasteiger partial charge in [0.2, 0.25) is 5.91 Å². The molecule has 1 amide bonds. The zero-order valence-corrected chi connectivity index (χ0v) is 15.8. The average Bonchev–Trinajstić information content (AvgIpc) is 3.52. The topological polar surface area (TPSA) is 68.9 Å². The molecule has 0 radical (unpaired) electrons. The van der Waals surface area contributed by atoms with E-state index in [1.807, 2.05) is 30.3 Å². The smallest absolute Gasteiger partial charge is 0.346 e. The maximum atomic E-state index is 13.2. The third-order valence-corrected chi connectivity index (χ3v) is 4.73. The minimum atomic E-state index is -0.334. The highest BCUT2D eigenvalue weighted by Crippen LogP contribution is 2.36. The molecule has 4 rings (SSSR count). The first-order chi connectivity index (χ1) is 14.1. The van der Waals surface area contributed by atoms with Crippen LogP contribution < -0.4 is 11.0 Å². The summed E-state index contributed by atoms with van der Waals surface area (Å²) in [5.74, 6) is -0.0325. The minimum Gasteiger partial charge on any atom is -0.351 e. The van der Waals surface area contributed by atoms with Crippen molar-refractivity contribution in [1.82, 2.24) is 19.7 Å². The van der Waals surface area contributed by atoms with Crippen molar-refractivity contribution in [3.8, 4) is 11.4 Å². The van der Waals surface area contributed by atoms with Crippen LogP contribution in [0.5, 0.6) is 0 Å². The Morgan fingerprint density at radius 1 is 1.14 bits per heavy atom. The average molecular weight is 392 g/mol. The second-order valence-corrected chi connectivity index (χ2v) is 6.97. The number of halogens is 1. The number of rotatable bonds is 7. The molecule has 1 N–H and O–H groups in total. The van der Waals surface area contributed by atoms with Crippen molar-refractivity contribution in [2.45, 2.75) is 25.4 Å². The van der Waals surface area contributed by atoms with E-state index < -0.39 is 0 Å². The number of carbonyl (C=O) groups excluding carboxylic acids is 1. The summed E-state index contributed by atoms with van der Waals surface area (Å²) in [6, 6.07) is 15.6. The summed E-state index contributed by atoms with van der Waals surface area (Å²) in [6.45, 7) is 0.542. The Morgan fingerprint density at radius 2 is 1.86 bits per heavy atom. The lowest BCUT2D eigenvalue weighted by Crippen LogP contribution is -2.31. The lowest BCUT2D eigenvalue weighted by molar-refractivity contribution is -0.116. The molecule has 0 spiro atoms. The Balaban J connectivity index is 1.43. The van der Waals surface area contributed by atoms with Gasteiger partial charge in [0, 0.05) is 24.2 Å². The van der Waals surface area contributed by atoms with Crippen LogP contribution in [0.25, 0.3) is 17.5 Å². The fraction of sp³-hybridized carbons (Fsp3) is 0.227. The molecule has 0 saturated heterocycles.